The summed E-state index contributed by atoms with van der Waals surface area (Å²) in [5.41, 5.74) is 4.66. The van der Waals surface area contributed by atoms with Gasteiger partial charge in [-0.2, -0.15) is 0 Å². The van der Waals surface area contributed by atoms with Gasteiger partial charge in [0.2, 0.25) is 0 Å². The molecule has 0 aliphatic rings. The lowest BCUT2D eigenvalue weighted by Gasteiger charge is -2.20. The average Bonchev–Trinajstić information content (AvgIpc) is 3.07. The smallest absolute Gasteiger partial charge is 0.412 e. The molecule has 10 nitrogen and oxygen atoms in total. The molecular weight excluding hydrogens is 644 g/mol. The van der Waals surface area contributed by atoms with Crippen molar-refractivity contribution in [2.24, 2.45) is 0 Å². The molecule has 0 spiro atoms. The van der Waals surface area contributed by atoms with E-state index < -0.39 is 57.7 Å². The molecule has 0 fully saturated rings. The Hall–Kier alpha value is -6.31. The van der Waals surface area contributed by atoms with Gasteiger partial charge >= 0.3 is 6.09 Å². The van der Waals surface area contributed by atoms with Gasteiger partial charge in [0.15, 0.2) is 23.2 Å². The van der Waals surface area contributed by atoms with E-state index in [-0.39, 0.29) is 22.5 Å². The Balaban J connectivity index is 0.000000199. The fraction of sp³-hybridized carbons (Fsp3) is 0.114. The second-order valence-corrected chi connectivity index (χ2v) is 11.4. The van der Waals surface area contributed by atoms with E-state index in [2.05, 4.69) is 25.3 Å². The van der Waals surface area contributed by atoms with Crippen molar-refractivity contribution in [3.05, 3.63) is 131 Å². The van der Waals surface area contributed by atoms with Crippen molar-refractivity contribution in [2.45, 2.75) is 26.4 Å². The fourth-order valence-electron chi connectivity index (χ4n) is 4.55. The largest absolute Gasteiger partial charge is 0.444 e. The summed E-state index contributed by atoms with van der Waals surface area (Å²) in [4.78, 5) is 53.2. The number of carbonyl (C=O) groups is 3. The number of fused-ring (bicyclic) bond motifs is 2. The van der Waals surface area contributed by atoms with Gasteiger partial charge in [-0.05, 0) is 81.4 Å². The first kappa shape index (κ1) is 34.0. The van der Waals surface area contributed by atoms with Crippen LogP contribution < -0.4 is 11.1 Å². The van der Waals surface area contributed by atoms with Gasteiger partial charge < -0.3 is 10.5 Å². The van der Waals surface area contributed by atoms with Crippen molar-refractivity contribution < 1.29 is 36.7 Å². The number of anilines is 2. The number of amides is 1. The van der Waals surface area contributed by atoms with Crippen LogP contribution in [0.25, 0.3) is 22.1 Å². The lowest BCUT2D eigenvalue weighted by Crippen LogP contribution is -2.27. The predicted molar refractivity (Wildman–Crippen MR) is 173 cm³/mol. The van der Waals surface area contributed by atoms with Gasteiger partial charge in [-0.25, -0.2) is 22.4 Å². The van der Waals surface area contributed by atoms with Crippen LogP contribution in [0.4, 0.5) is 33.7 Å². The number of nitrogen functional groups attached to an aromatic ring is 1. The van der Waals surface area contributed by atoms with Crippen LogP contribution in [-0.2, 0) is 4.74 Å². The zero-order valence-corrected chi connectivity index (χ0v) is 26.1. The van der Waals surface area contributed by atoms with Crippen LogP contribution in [0, 0.1) is 23.3 Å². The lowest BCUT2D eigenvalue weighted by molar-refractivity contribution is 0.0634. The van der Waals surface area contributed by atoms with Gasteiger partial charge in [-0.1, -0.05) is 0 Å². The summed E-state index contributed by atoms with van der Waals surface area (Å²) in [7, 11) is 0. The zero-order chi connectivity index (χ0) is 35.5. The Morgan fingerprint density at radius 1 is 0.633 bits per heavy atom. The Bertz CT molecular complexity index is 2260. The summed E-state index contributed by atoms with van der Waals surface area (Å²) in [6.45, 7) is 4.93. The van der Waals surface area contributed by atoms with E-state index in [9.17, 15) is 31.9 Å². The predicted octanol–water partition coefficient (Wildman–Crippen LogP) is 7.21. The summed E-state index contributed by atoms with van der Waals surface area (Å²) in [5.74, 6) is -5.91. The van der Waals surface area contributed by atoms with Crippen molar-refractivity contribution in [3.8, 4) is 0 Å². The molecule has 0 aliphatic heterocycles. The first-order valence-electron chi connectivity index (χ1n) is 14.5. The summed E-state index contributed by atoms with van der Waals surface area (Å²) >= 11 is 0. The molecule has 0 bridgehead atoms. The number of nitrogens with one attached hydrogen (secondary N) is 1. The molecule has 3 N–H and O–H groups in total. The first-order valence-corrected chi connectivity index (χ1v) is 14.5. The quantitative estimate of drug-likeness (QED) is 0.110. The van der Waals surface area contributed by atoms with Crippen molar-refractivity contribution >= 4 is 51.1 Å². The number of ether oxygens (including phenoxy) is 1. The molecule has 49 heavy (non-hydrogen) atoms. The topological polar surface area (TPSA) is 150 Å². The number of hydrogen-bond donors (Lipinski definition) is 2. The van der Waals surface area contributed by atoms with Gasteiger partial charge in [0.25, 0.3) is 0 Å². The van der Waals surface area contributed by atoms with Crippen LogP contribution in [0.5, 0.6) is 0 Å². The molecule has 6 rings (SSSR count). The summed E-state index contributed by atoms with van der Waals surface area (Å²) in [5, 5.41) is 2.19. The number of rotatable bonds is 5. The standard InChI is InChI=1S/C20H17F2N3O3.C15H9F2N3O/c1-20(2,3)28-19(27)25-14-7-5-12(21)16(17(14)22)18(26)11-4-6-13-15(10-11)24-9-8-23-13;16-9-2-3-10(18)14(17)13(9)15(21)8-1-4-11-12(7-8)20-6-5-19-11/h4-10H,1-3H3,(H,25,27);1-7H,18H2. The summed E-state index contributed by atoms with van der Waals surface area (Å²) in [6, 6.07) is 12.8. The number of hydrogen-bond acceptors (Lipinski definition) is 9. The fourth-order valence-corrected chi connectivity index (χ4v) is 4.55. The highest BCUT2D eigenvalue weighted by Gasteiger charge is 2.25. The van der Waals surface area contributed by atoms with Crippen molar-refractivity contribution in [1.29, 1.82) is 0 Å². The number of carbonyl (C=O) groups excluding carboxylic acids is 3. The molecule has 2 heterocycles. The van der Waals surface area contributed by atoms with E-state index in [0.29, 0.717) is 22.1 Å². The highest BCUT2D eigenvalue weighted by atomic mass is 19.1. The Morgan fingerprint density at radius 3 is 1.57 bits per heavy atom. The molecule has 0 saturated carbocycles. The molecule has 2 aromatic heterocycles. The molecule has 248 valence electrons. The molecule has 0 aliphatic carbocycles. The lowest BCUT2D eigenvalue weighted by atomic mass is 10.0. The third-order valence-electron chi connectivity index (χ3n) is 6.76. The van der Waals surface area contributed by atoms with E-state index in [4.69, 9.17) is 10.5 Å². The number of ketones is 2. The van der Waals surface area contributed by atoms with Gasteiger partial charge in [0, 0.05) is 35.9 Å². The SMILES string of the molecule is CC(C)(C)OC(=O)Nc1ccc(F)c(C(=O)c2ccc3nccnc3c2)c1F.Nc1ccc(F)c(C(=O)c2ccc3nccnc3c2)c1F. The van der Waals surface area contributed by atoms with E-state index in [1.54, 1.807) is 26.8 Å². The van der Waals surface area contributed by atoms with Crippen LogP contribution >= 0.6 is 0 Å². The van der Waals surface area contributed by atoms with Gasteiger partial charge in [0.1, 0.15) is 17.2 Å². The Kier molecular flexibility index (Phi) is 9.59. The molecule has 4 aromatic carbocycles. The number of nitrogens with two attached hydrogens (primary N) is 1. The highest BCUT2D eigenvalue weighted by Crippen LogP contribution is 2.26. The summed E-state index contributed by atoms with van der Waals surface area (Å²) in [6.07, 6.45) is 5.01. The normalized spacial score (nSPS) is 11.1. The molecule has 1 amide bonds. The second kappa shape index (κ2) is 13.8. The van der Waals surface area contributed by atoms with Crippen LogP contribution in [0.15, 0.2) is 85.5 Å². The van der Waals surface area contributed by atoms with Crippen molar-refractivity contribution in [2.75, 3.05) is 11.1 Å². The van der Waals surface area contributed by atoms with Gasteiger partial charge in [-0.15, -0.1) is 0 Å². The highest BCUT2D eigenvalue weighted by molar-refractivity contribution is 6.12. The number of nitrogens with zero attached hydrogens (tertiary/aromatic N) is 4. The molecular formula is C35H26F4N6O4. The third kappa shape index (κ3) is 7.64. The maximum atomic E-state index is 14.8. The average molecular weight is 671 g/mol. The molecule has 0 saturated heterocycles. The summed E-state index contributed by atoms with van der Waals surface area (Å²) < 4.78 is 61.8. The third-order valence-corrected chi connectivity index (χ3v) is 6.76. The van der Waals surface area contributed by atoms with Crippen molar-refractivity contribution in [3.63, 3.8) is 0 Å². The van der Waals surface area contributed by atoms with E-state index in [1.165, 1.54) is 55.1 Å². The number of halogens is 4. The Morgan fingerprint density at radius 2 is 1.08 bits per heavy atom. The molecule has 0 radical (unpaired) electrons. The minimum absolute atomic E-state index is 0.0419. The van der Waals surface area contributed by atoms with E-state index >= 15 is 0 Å². The minimum Gasteiger partial charge on any atom is -0.444 e. The van der Waals surface area contributed by atoms with Crippen LogP contribution in [0.3, 0.4) is 0 Å². The molecule has 0 unspecified atom stereocenters. The maximum absolute atomic E-state index is 14.8. The zero-order valence-electron chi connectivity index (χ0n) is 26.1. The monoisotopic (exact) mass is 670 g/mol. The molecule has 0 atom stereocenters. The second-order valence-electron chi connectivity index (χ2n) is 11.4. The Labute approximate surface area is 276 Å². The van der Waals surface area contributed by atoms with Crippen molar-refractivity contribution in [1.82, 2.24) is 19.9 Å². The van der Waals surface area contributed by atoms with Crippen LogP contribution in [0.2, 0.25) is 0 Å². The molecule has 6 aromatic rings. The minimum atomic E-state index is -1.19. The number of aromatic nitrogens is 4. The van der Waals surface area contributed by atoms with Crippen LogP contribution in [0.1, 0.15) is 52.6 Å². The van der Waals surface area contributed by atoms with E-state index in [0.717, 1.165) is 24.3 Å². The van der Waals surface area contributed by atoms with Gasteiger partial charge in [0.05, 0.1) is 44.6 Å². The maximum Gasteiger partial charge on any atom is 0.412 e. The van der Waals surface area contributed by atoms with E-state index in [1.807, 2.05) is 0 Å². The van der Waals surface area contributed by atoms with Crippen LogP contribution in [-0.4, -0.2) is 43.2 Å². The van der Waals surface area contributed by atoms with Gasteiger partial charge in [-0.3, -0.25) is 34.8 Å². The first-order chi connectivity index (χ1) is 23.2. The molecule has 14 heteroatoms. The number of benzene rings is 4.